The summed E-state index contributed by atoms with van der Waals surface area (Å²) < 4.78 is 31.8. The van der Waals surface area contributed by atoms with E-state index in [1.165, 1.54) is 22.6 Å². The van der Waals surface area contributed by atoms with Crippen LogP contribution in [-0.4, -0.2) is 43.0 Å². The van der Waals surface area contributed by atoms with E-state index in [0.29, 0.717) is 19.8 Å². The Kier molecular flexibility index (Phi) is 3.64. The Hall–Kier alpha value is -0.690. The van der Waals surface area contributed by atoms with Crippen LogP contribution in [0.25, 0.3) is 0 Å². The van der Waals surface area contributed by atoms with Crippen LogP contribution in [0, 0.1) is 0 Å². The smallest absolute Gasteiger partial charge is 0.245 e. The van der Waals surface area contributed by atoms with Crippen molar-refractivity contribution in [3.05, 3.63) is 23.5 Å². The van der Waals surface area contributed by atoms with Crippen molar-refractivity contribution in [1.29, 1.82) is 0 Å². The van der Waals surface area contributed by atoms with Gasteiger partial charge >= 0.3 is 0 Å². The van der Waals surface area contributed by atoms with Crippen molar-refractivity contribution in [3.63, 3.8) is 0 Å². The second-order valence-corrected chi connectivity index (χ2v) is 7.01. The molecule has 2 heterocycles. The first-order valence-corrected chi connectivity index (χ1v) is 7.38. The lowest BCUT2D eigenvalue weighted by Gasteiger charge is -2.40. The molecule has 0 saturated carbocycles. The molecule has 5 nitrogen and oxygen atoms in total. The van der Waals surface area contributed by atoms with E-state index in [9.17, 15) is 8.42 Å². The molecule has 0 spiro atoms. The van der Waals surface area contributed by atoms with Gasteiger partial charge in [0.25, 0.3) is 0 Å². The highest BCUT2D eigenvalue weighted by Crippen LogP contribution is 2.27. The van der Waals surface area contributed by atoms with Gasteiger partial charge in [0.15, 0.2) is 0 Å². The summed E-state index contributed by atoms with van der Waals surface area (Å²) in [7, 11) is -3.55. The van der Waals surface area contributed by atoms with Gasteiger partial charge in [-0.2, -0.15) is 4.31 Å². The molecule has 1 saturated heterocycles. The quantitative estimate of drug-likeness (QED) is 0.775. The van der Waals surface area contributed by atoms with Crippen LogP contribution >= 0.6 is 11.6 Å². The maximum atomic E-state index is 12.5. The summed E-state index contributed by atoms with van der Waals surface area (Å²) in [5.74, 6) is 0. The summed E-state index contributed by atoms with van der Waals surface area (Å²) in [6.45, 7) is 4.81. The summed E-state index contributed by atoms with van der Waals surface area (Å²) in [5, 5.41) is 0.273. The molecule has 0 N–H and O–H groups in total. The number of ether oxygens (including phenoxy) is 1. The normalized spacial score (nSPS) is 20.8. The van der Waals surface area contributed by atoms with Gasteiger partial charge in [0, 0.05) is 12.7 Å². The van der Waals surface area contributed by atoms with Crippen LogP contribution < -0.4 is 0 Å². The van der Waals surface area contributed by atoms with Crippen LogP contribution in [0.3, 0.4) is 0 Å². The zero-order valence-electron chi connectivity index (χ0n) is 10.3. The van der Waals surface area contributed by atoms with Gasteiger partial charge in [0.05, 0.1) is 18.8 Å². The van der Waals surface area contributed by atoms with E-state index < -0.39 is 15.6 Å². The molecule has 0 unspecified atom stereocenters. The van der Waals surface area contributed by atoms with Crippen molar-refractivity contribution in [2.75, 3.05) is 19.8 Å². The number of hydrogen-bond acceptors (Lipinski definition) is 4. The minimum absolute atomic E-state index is 0.155. The molecule has 0 radical (unpaired) electrons. The van der Waals surface area contributed by atoms with Crippen LogP contribution in [-0.2, 0) is 14.8 Å². The highest BCUT2D eigenvalue weighted by atomic mass is 35.5. The van der Waals surface area contributed by atoms with Gasteiger partial charge in [-0.05, 0) is 26.0 Å². The van der Waals surface area contributed by atoms with Crippen LogP contribution in [0.4, 0.5) is 0 Å². The number of sulfonamides is 1. The number of morpholine rings is 1. The lowest BCUT2D eigenvalue weighted by atomic mass is 10.1. The van der Waals surface area contributed by atoms with Crippen LogP contribution in [0.5, 0.6) is 0 Å². The molecule has 0 aromatic carbocycles. The fourth-order valence-corrected chi connectivity index (χ4v) is 3.74. The van der Waals surface area contributed by atoms with Gasteiger partial charge < -0.3 is 4.74 Å². The molecule has 7 heteroatoms. The molecule has 0 bridgehead atoms. The van der Waals surface area contributed by atoms with Gasteiger partial charge in [-0.15, -0.1) is 0 Å². The van der Waals surface area contributed by atoms with E-state index in [1.54, 1.807) is 0 Å². The summed E-state index contributed by atoms with van der Waals surface area (Å²) in [5.41, 5.74) is -0.559. The lowest BCUT2D eigenvalue weighted by Crippen LogP contribution is -2.55. The monoisotopic (exact) mass is 290 g/mol. The molecule has 1 aliphatic heterocycles. The fraction of sp³-hybridized carbons (Fsp3) is 0.545. The number of halogens is 1. The Bertz CT molecular complexity index is 528. The van der Waals surface area contributed by atoms with Crippen molar-refractivity contribution < 1.29 is 13.2 Å². The Balaban J connectivity index is 2.38. The van der Waals surface area contributed by atoms with E-state index in [4.69, 9.17) is 16.3 Å². The van der Waals surface area contributed by atoms with E-state index in [-0.39, 0.29) is 10.0 Å². The summed E-state index contributed by atoms with van der Waals surface area (Å²) in [4.78, 5) is 3.97. The Morgan fingerprint density at radius 2 is 2.17 bits per heavy atom. The first kappa shape index (κ1) is 13.7. The minimum atomic E-state index is -3.55. The SMILES string of the molecule is CC1(C)COCCN1S(=O)(=O)c1ccc(Cl)nc1. The molecule has 0 amide bonds. The average molecular weight is 291 g/mol. The zero-order chi connectivity index (χ0) is 13.4. The predicted molar refractivity (Wildman–Crippen MR) is 68.0 cm³/mol. The second kappa shape index (κ2) is 4.77. The van der Waals surface area contributed by atoms with Gasteiger partial charge in [0.1, 0.15) is 10.0 Å². The van der Waals surface area contributed by atoms with E-state index in [0.717, 1.165) is 0 Å². The number of rotatable bonds is 2. The average Bonchev–Trinajstić information content (AvgIpc) is 2.28. The molecular weight excluding hydrogens is 276 g/mol. The van der Waals surface area contributed by atoms with E-state index in [2.05, 4.69) is 4.98 Å². The third kappa shape index (κ3) is 2.51. The van der Waals surface area contributed by atoms with Gasteiger partial charge in [-0.3, -0.25) is 0 Å². The minimum Gasteiger partial charge on any atom is -0.378 e. The standard InChI is InChI=1S/C11H15ClN2O3S/c1-11(2)8-17-6-5-14(11)18(15,16)9-3-4-10(12)13-7-9/h3-4,7H,5-6,8H2,1-2H3. The summed E-state index contributed by atoms with van der Waals surface area (Å²) >= 11 is 5.66. The topological polar surface area (TPSA) is 59.5 Å². The Morgan fingerprint density at radius 3 is 2.72 bits per heavy atom. The van der Waals surface area contributed by atoms with E-state index in [1.807, 2.05) is 13.8 Å². The third-order valence-corrected chi connectivity index (χ3v) is 5.18. The molecule has 0 atom stereocenters. The second-order valence-electron chi connectivity index (χ2n) is 4.76. The largest absolute Gasteiger partial charge is 0.378 e. The molecule has 1 fully saturated rings. The lowest BCUT2D eigenvalue weighted by molar-refractivity contribution is -0.00771. The van der Waals surface area contributed by atoms with Crippen LogP contribution in [0.15, 0.2) is 23.2 Å². The summed E-state index contributed by atoms with van der Waals surface area (Å²) in [6, 6.07) is 2.94. The zero-order valence-corrected chi connectivity index (χ0v) is 11.8. The van der Waals surface area contributed by atoms with Crippen molar-refractivity contribution in [2.45, 2.75) is 24.3 Å². The first-order chi connectivity index (χ1) is 8.34. The molecule has 100 valence electrons. The maximum absolute atomic E-state index is 12.5. The van der Waals surface area contributed by atoms with Gasteiger partial charge in [-0.25, -0.2) is 13.4 Å². The Morgan fingerprint density at radius 1 is 1.44 bits per heavy atom. The predicted octanol–water partition coefficient (Wildman–Crippen LogP) is 1.53. The number of hydrogen-bond donors (Lipinski definition) is 0. The number of nitrogens with zero attached hydrogens (tertiary/aromatic N) is 2. The maximum Gasteiger partial charge on any atom is 0.245 e. The van der Waals surface area contributed by atoms with Crippen LogP contribution in [0.1, 0.15) is 13.8 Å². The molecule has 1 aliphatic rings. The van der Waals surface area contributed by atoms with Crippen molar-refractivity contribution in [1.82, 2.24) is 9.29 Å². The first-order valence-electron chi connectivity index (χ1n) is 5.56. The van der Waals surface area contributed by atoms with Gasteiger partial charge in [0.2, 0.25) is 10.0 Å². The van der Waals surface area contributed by atoms with Crippen molar-refractivity contribution in [3.8, 4) is 0 Å². The summed E-state index contributed by atoms with van der Waals surface area (Å²) in [6.07, 6.45) is 1.28. The van der Waals surface area contributed by atoms with Crippen molar-refractivity contribution in [2.24, 2.45) is 0 Å². The highest BCUT2D eigenvalue weighted by Gasteiger charge is 2.39. The molecule has 1 aromatic rings. The fourth-order valence-electron chi connectivity index (χ4n) is 1.93. The number of aromatic nitrogens is 1. The molecule has 18 heavy (non-hydrogen) atoms. The molecule has 2 rings (SSSR count). The molecule has 0 aliphatic carbocycles. The molecule has 1 aromatic heterocycles. The van der Waals surface area contributed by atoms with Gasteiger partial charge in [-0.1, -0.05) is 11.6 Å². The van der Waals surface area contributed by atoms with E-state index >= 15 is 0 Å². The van der Waals surface area contributed by atoms with Crippen molar-refractivity contribution >= 4 is 21.6 Å². The third-order valence-electron chi connectivity index (χ3n) is 2.86. The highest BCUT2D eigenvalue weighted by molar-refractivity contribution is 7.89. The number of pyridine rings is 1. The Labute approximate surface area is 112 Å². The van der Waals surface area contributed by atoms with Crippen LogP contribution in [0.2, 0.25) is 5.15 Å². The molecular formula is C11H15ClN2O3S.